The fourth-order valence-electron chi connectivity index (χ4n) is 4.66. The highest BCUT2D eigenvalue weighted by molar-refractivity contribution is 5.91. The smallest absolute Gasteiger partial charge is 0.223 e. The normalized spacial score (nSPS) is 17.8. The molecule has 0 atom stereocenters. The second kappa shape index (κ2) is 8.81. The molecule has 0 saturated heterocycles. The zero-order valence-corrected chi connectivity index (χ0v) is 17.8. The van der Waals surface area contributed by atoms with Gasteiger partial charge in [-0.2, -0.15) is 0 Å². The lowest BCUT2D eigenvalue weighted by atomic mass is 9.72. The Morgan fingerprint density at radius 3 is 2.58 bits per heavy atom. The van der Waals surface area contributed by atoms with E-state index >= 15 is 0 Å². The maximum absolute atomic E-state index is 14.4. The van der Waals surface area contributed by atoms with Crippen LogP contribution < -0.4 is 5.32 Å². The number of aryl methyl sites for hydroxylation is 1. The standard InChI is InChI=1S/C26H23F3N2O2/c27-19-4-2-17(3-5-19)24-21(22-11-20(28)12-23(29)25(22)31-24)6-1-15-9-18(10-15)26(32)30-13-16-7-8-33-14-16/h2-5,7-8,11-12,14-15,18,31H,1,6,9-10,13H2,(H,30,32). The number of carbonyl (C=O) groups is 1. The number of fused-ring (bicyclic) bond motifs is 1. The van der Waals surface area contributed by atoms with Gasteiger partial charge in [0, 0.05) is 35.2 Å². The Labute approximate surface area is 188 Å². The molecule has 1 amide bonds. The molecular weight excluding hydrogens is 429 g/mol. The van der Waals surface area contributed by atoms with Gasteiger partial charge in [0.05, 0.1) is 18.0 Å². The summed E-state index contributed by atoms with van der Waals surface area (Å²) in [5.41, 5.74) is 3.36. The third-order valence-corrected chi connectivity index (χ3v) is 6.52. The van der Waals surface area contributed by atoms with Gasteiger partial charge in [-0.25, -0.2) is 13.2 Å². The van der Waals surface area contributed by atoms with E-state index < -0.39 is 11.6 Å². The average molecular weight is 452 g/mol. The van der Waals surface area contributed by atoms with Crippen molar-refractivity contribution >= 4 is 16.8 Å². The number of aromatic amines is 1. The van der Waals surface area contributed by atoms with Crippen LogP contribution in [0.1, 0.15) is 30.4 Å². The second-order valence-electron chi connectivity index (χ2n) is 8.72. The van der Waals surface area contributed by atoms with Crippen LogP contribution in [0, 0.1) is 29.3 Å². The monoisotopic (exact) mass is 452 g/mol. The highest BCUT2D eigenvalue weighted by Gasteiger charge is 2.34. The summed E-state index contributed by atoms with van der Waals surface area (Å²) >= 11 is 0. The molecular formula is C26H23F3N2O2. The summed E-state index contributed by atoms with van der Waals surface area (Å²) in [7, 11) is 0. The van der Waals surface area contributed by atoms with Gasteiger partial charge in [-0.15, -0.1) is 0 Å². The Balaban J connectivity index is 1.28. The molecule has 1 fully saturated rings. The Bertz CT molecular complexity index is 1270. The van der Waals surface area contributed by atoms with Gasteiger partial charge >= 0.3 is 0 Å². The first kappa shape index (κ1) is 21.4. The maximum atomic E-state index is 14.4. The van der Waals surface area contributed by atoms with Gasteiger partial charge < -0.3 is 14.7 Å². The molecule has 1 aliphatic carbocycles. The number of rotatable bonds is 7. The first-order chi connectivity index (χ1) is 16.0. The van der Waals surface area contributed by atoms with Crippen LogP contribution in [0.25, 0.3) is 22.2 Å². The van der Waals surface area contributed by atoms with E-state index in [0.717, 1.165) is 36.5 Å². The summed E-state index contributed by atoms with van der Waals surface area (Å²) in [4.78, 5) is 15.4. The van der Waals surface area contributed by atoms with Crippen molar-refractivity contribution in [1.82, 2.24) is 10.3 Å². The summed E-state index contributed by atoms with van der Waals surface area (Å²) in [6.45, 7) is 0.448. The second-order valence-corrected chi connectivity index (χ2v) is 8.72. The van der Waals surface area contributed by atoms with E-state index in [-0.39, 0.29) is 23.2 Å². The zero-order valence-electron chi connectivity index (χ0n) is 17.8. The lowest BCUT2D eigenvalue weighted by molar-refractivity contribution is -0.129. The van der Waals surface area contributed by atoms with Gasteiger partial charge in [-0.05, 0) is 79.1 Å². The molecule has 5 rings (SSSR count). The molecule has 1 saturated carbocycles. The largest absolute Gasteiger partial charge is 0.472 e. The van der Waals surface area contributed by atoms with Crippen molar-refractivity contribution in [1.29, 1.82) is 0 Å². The minimum atomic E-state index is -0.655. The molecule has 2 aromatic carbocycles. The molecule has 7 heteroatoms. The van der Waals surface area contributed by atoms with Crippen LogP contribution in [0.4, 0.5) is 13.2 Å². The summed E-state index contributed by atoms with van der Waals surface area (Å²) in [5, 5.41) is 3.43. The van der Waals surface area contributed by atoms with Gasteiger partial charge in [-0.1, -0.05) is 0 Å². The predicted molar refractivity (Wildman–Crippen MR) is 119 cm³/mol. The van der Waals surface area contributed by atoms with E-state index in [1.54, 1.807) is 24.7 Å². The number of aromatic nitrogens is 1. The molecule has 2 heterocycles. The molecule has 0 aliphatic heterocycles. The number of nitrogens with one attached hydrogen (secondary N) is 2. The SMILES string of the molecule is O=C(NCc1ccoc1)C1CC(CCc2c(-c3ccc(F)cc3)[nH]c3c(F)cc(F)cc23)C1. The summed E-state index contributed by atoms with van der Waals surface area (Å²) in [6, 6.07) is 9.96. The van der Waals surface area contributed by atoms with Gasteiger partial charge in [0.2, 0.25) is 5.91 Å². The van der Waals surface area contributed by atoms with Crippen LogP contribution in [0.2, 0.25) is 0 Å². The Morgan fingerprint density at radius 1 is 1.06 bits per heavy atom. The van der Waals surface area contributed by atoms with Crippen LogP contribution in [0.3, 0.4) is 0 Å². The molecule has 2 N–H and O–H groups in total. The van der Waals surface area contributed by atoms with E-state index in [2.05, 4.69) is 10.3 Å². The highest BCUT2D eigenvalue weighted by Crippen LogP contribution is 2.39. The fourth-order valence-corrected chi connectivity index (χ4v) is 4.66. The van der Waals surface area contributed by atoms with Crippen LogP contribution in [0.5, 0.6) is 0 Å². The minimum Gasteiger partial charge on any atom is -0.472 e. The van der Waals surface area contributed by atoms with Gasteiger partial charge in [0.15, 0.2) is 0 Å². The van der Waals surface area contributed by atoms with Crippen molar-refractivity contribution in [3.05, 3.63) is 83.6 Å². The third kappa shape index (κ3) is 4.40. The molecule has 0 unspecified atom stereocenters. The van der Waals surface area contributed by atoms with Crippen LogP contribution in [0.15, 0.2) is 59.4 Å². The fraction of sp³-hybridized carbons (Fsp3) is 0.269. The first-order valence-electron chi connectivity index (χ1n) is 11.0. The van der Waals surface area contributed by atoms with Crippen LogP contribution in [-0.2, 0) is 17.8 Å². The Morgan fingerprint density at radius 2 is 1.85 bits per heavy atom. The number of H-pyrrole nitrogens is 1. The highest BCUT2D eigenvalue weighted by atomic mass is 19.1. The molecule has 2 aromatic heterocycles. The van der Waals surface area contributed by atoms with Gasteiger partial charge in [-0.3, -0.25) is 4.79 Å². The van der Waals surface area contributed by atoms with Crippen molar-refractivity contribution < 1.29 is 22.4 Å². The van der Waals surface area contributed by atoms with E-state index in [1.165, 1.54) is 18.2 Å². The van der Waals surface area contributed by atoms with E-state index in [9.17, 15) is 18.0 Å². The topological polar surface area (TPSA) is 58.0 Å². The average Bonchev–Trinajstić information content (AvgIpc) is 3.40. The molecule has 170 valence electrons. The van der Waals surface area contributed by atoms with Crippen molar-refractivity contribution in [3.8, 4) is 11.3 Å². The molecule has 0 bridgehead atoms. The number of amides is 1. The van der Waals surface area contributed by atoms with Crippen molar-refractivity contribution in [2.45, 2.75) is 32.2 Å². The molecule has 4 nitrogen and oxygen atoms in total. The minimum absolute atomic E-state index is 0.0173. The van der Waals surface area contributed by atoms with E-state index in [0.29, 0.717) is 35.5 Å². The number of hydrogen-bond donors (Lipinski definition) is 2. The van der Waals surface area contributed by atoms with Crippen molar-refractivity contribution in [3.63, 3.8) is 0 Å². The molecule has 0 radical (unpaired) electrons. The number of halogens is 3. The number of hydrogen-bond acceptors (Lipinski definition) is 2. The molecule has 0 spiro atoms. The molecule has 33 heavy (non-hydrogen) atoms. The van der Waals surface area contributed by atoms with E-state index in [4.69, 9.17) is 4.42 Å². The number of furan rings is 1. The van der Waals surface area contributed by atoms with Crippen molar-refractivity contribution in [2.75, 3.05) is 0 Å². The number of benzene rings is 2. The lowest BCUT2D eigenvalue weighted by Crippen LogP contribution is -2.38. The summed E-state index contributed by atoms with van der Waals surface area (Å²) in [5.74, 6) is -1.27. The van der Waals surface area contributed by atoms with Gasteiger partial charge in [0.25, 0.3) is 0 Å². The lowest BCUT2D eigenvalue weighted by Gasteiger charge is -2.34. The van der Waals surface area contributed by atoms with Crippen LogP contribution >= 0.6 is 0 Å². The van der Waals surface area contributed by atoms with E-state index in [1.807, 2.05) is 6.07 Å². The van der Waals surface area contributed by atoms with Gasteiger partial charge in [0.1, 0.15) is 17.5 Å². The Kier molecular flexibility index (Phi) is 5.70. The molecule has 4 aromatic rings. The maximum Gasteiger partial charge on any atom is 0.223 e. The summed E-state index contributed by atoms with van der Waals surface area (Å²) < 4.78 is 46.8. The molecule has 1 aliphatic rings. The quantitative estimate of drug-likeness (QED) is 0.355. The zero-order chi connectivity index (χ0) is 22.9. The third-order valence-electron chi connectivity index (χ3n) is 6.52. The first-order valence-corrected chi connectivity index (χ1v) is 11.0. The number of carbonyl (C=O) groups excluding carboxylic acids is 1. The van der Waals surface area contributed by atoms with Crippen molar-refractivity contribution in [2.24, 2.45) is 11.8 Å². The summed E-state index contributed by atoms with van der Waals surface area (Å²) in [6.07, 6.45) is 6.15. The van der Waals surface area contributed by atoms with Crippen LogP contribution in [-0.4, -0.2) is 10.9 Å². The Hall–Kier alpha value is -3.48. The predicted octanol–water partition coefficient (Wildman–Crippen LogP) is 6.12.